The van der Waals surface area contributed by atoms with Crippen molar-refractivity contribution in [2.75, 3.05) is 13.7 Å². The van der Waals surface area contributed by atoms with Gasteiger partial charge in [0, 0.05) is 17.5 Å². The van der Waals surface area contributed by atoms with Gasteiger partial charge in [0.05, 0.1) is 13.2 Å². The largest absolute Gasteiger partial charge is 0.497 e. The number of methoxy groups -OCH3 is 1. The van der Waals surface area contributed by atoms with E-state index >= 15 is 0 Å². The molecular formula is C17H20ClNO2. The van der Waals surface area contributed by atoms with Gasteiger partial charge in [0.15, 0.2) is 0 Å². The topological polar surface area (TPSA) is 55.5 Å². The Labute approximate surface area is 130 Å². The van der Waals surface area contributed by atoms with Gasteiger partial charge in [0.25, 0.3) is 0 Å². The van der Waals surface area contributed by atoms with Crippen molar-refractivity contribution < 1.29 is 9.84 Å². The molecule has 0 saturated carbocycles. The van der Waals surface area contributed by atoms with Crippen molar-refractivity contribution in [1.29, 1.82) is 0 Å². The molecule has 112 valence electrons. The van der Waals surface area contributed by atoms with Crippen molar-refractivity contribution >= 4 is 11.6 Å². The molecule has 3 nitrogen and oxygen atoms in total. The van der Waals surface area contributed by atoms with Gasteiger partial charge in [-0.25, -0.2) is 0 Å². The lowest BCUT2D eigenvalue weighted by Crippen LogP contribution is -2.20. The van der Waals surface area contributed by atoms with Crippen LogP contribution >= 0.6 is 11.6 Å². The maximum absolute atomic E-state index is 10.6. The fourth-order valence-electron chi connectivity index (χ4n) is 2.39. The third kappa shape index (κ3) is 3.56. The van der Waals surface area contributed by atoms with E-state index in [-0.39, 0.29) is 5.92 Å². The standard InChI is InChI=1S/C17H20ClNO2/c1-11-3-8-14(16(18)9-11)17(20)15(10-19)12-4-6-13(21-2)7-5-12/h3-9,15,17,20H,10,19H2,1-2H3. The van der Waals surface area contributed by atoms with Gasteiger partial charge in [-0.2, -0.15) is 0 Å². The molecular weight excluding hydrogens is 286 g/mol. The summed E-state index contributed by atoms with van der Waals surface area (Å²) < 4.78 is 5.15. The number of ether oxygens (including phenoxy) is 1. The number of aryl methyl sites for hydroxylation is 1. The van der Waals surface area contributed by atoms with E-state index in [1.54, 1.807) is 7.11 Å². The molecule has 4 heteroatoms. The first-order valence-electron chi connectivity index (χ1n) is 6.85. The summed E-state index contributed by atoms with van der Waals surface area (Å²) in [6, 6.07) is 13.2. The molecule has 0 aliphatic rings. The van der Waals surface area contributed by atoms with Crippen LogP contribution in [0.1, 0.15) is 28.7 Å². The summed E-state index contributed by atoms with van der Waals surface area (Å²) in [6.07, 6.45) is -0.739. The highest BCUT2D eigenvalue weighted by molar-refractivity contribution is 6.31. The predicted octanol–water partition coefficient (Wildman–Crippen LogP) is 3.43. The summed E-state index contributed by atoms with van der Waals surface area (Å²) in [7, 11) is 1.62. The van der Waals surface area contributed by atoms with Crippen LogP contribution < -0.4 is 10.5 Å². The van der Waals surface area contributed by atoms with Crippen LogP contribution in [0.4, 0.5) is 0 Å². The van der Waals surface area contributed by atoms with Crippen LogP contribution in [0.15, 0.2) is 42.5 Å². The predicted molar refractivity (Wildman–Crippen MR) is 85.9 cm³/mol. The Bertz CT molecular complexity index is 598. The molecule has 0 aliphatic heterocycles. The van der Waals surface area contributed by atoms with Crippen molar-refractivity contribution in [1.82, 2.24) is 0 Å². The van der Waals surface area contributed by atoms with Crippen LogP contribution in [0.5, 0.6) is 5.75 Å². The molecule has 0 radical (unpaired) electrons. The van der Waals surface area contributed by atoms with Crippen LogP contribution in [0, 0.1) is 6.92 Å². The second-order valence-corrected chi connectivity index (χ2v) is 5.49. The van der Waals surface area contributed by atoms with E-state index in [4.69, 9.17) is 22.1 Å². The summed E-state index contributed by atoms with van der Waals surface area (Å²) in [5.74, 6) is 0.563. The molecule has 2 atom stereocenters. The molecule has 0 saturated heterocycles. The number of aliphatic hydroxyl groups excluding tert-OH is 1. The van der Waals surface area contributed by atoms with E-state index in [2.05, 4.69) is 0 Å². The maximum atomic E-state index is 10.6. The summed E-state index contributed by atoms with van der Waals surface area (Å²) in [5, 5.41) is 11.2. The lowest BCUT2D eigenvalue weighted by molar-refractivity contribution is 0.147. The van der Waals surface area contributed by atoms with Gasteiger partial charge in [0.1, 0.15) is 5.75 Å². The number of aliphatic hydroxyl groups is 1. The highest BCUT2D eigenvalue weighted by Crippen LogP contribution is 2.34. The van der Waals surface area contributed by atoms with E-state index in [0.717, 1.165) is 16.9 Å². The quantitative estimate of drug-likeness (QED) is 0.890. The Hall–Kier alpha value is -1.55. The van der Waals surface area contributed by atoms with Crippen molar-refractivity contribution in [2.45, 2.75) is 18.9 Å². The number of nitrogens with two attached hydrogens (primary N) is 1. The fourth-order valence-corrected chi connectivity index (χ4v) is 2.73. The number of halogens is 1. The first kappa shape index (κ1) is 15.8. The molecule has 0 fully saturated rings. The zero-order valence-corrected chi connectivity index (χ0v) is 13.0. The SMILES string of the molecule is COc1ccc(C(CN)C(O)c2ccc(C)cc2Cl)cc1. The molecule has 0 aromatic heterocycles. The van der Waals surface area contributed by atoms with Gasteiger partial charge in [0.2, 0.25) is 0 Å². The molecule has 0 heterocycles. The normalized spacial score (nSPS) is 13.8. The third-order valence-corrected chi connectivity index (χ3v) is 3.98. The first-order chi connectivity index (χ1) is 10.1. The Morgan fingerprint density at radius 1 is 1.19 bits per heavy atom. The number of benzene rings is 2. The molecule has 2 unspecified atom stereocenters. The fraction of sp³-hybridized carbons (Fsp3) is 0.294. The van der Waals surface area contributed by atoms with Crippen LogP contribution in [-0.2, 0) is 0 Å². The molecule has 2 aromatic rings. The minimum atomic E-state index is -0.739. The van der Waals surface area contributed by atoms with E-state index in [9.17, 15) is 5.11 Å². The van der Waals surface area contributed by atoms with Gasteiger partial charge >= 0.3 is 0 Å². The van der Waals surface area contributed by atoms with E-state index in [1.807, 2.05) is 49.4 Å². The Balaban J connectivity index is 2.30. The lowest BCUT2D eigenvalue weighted by Gasteiger charge is -2.23. The van der Waals surface area contributed by atoms with Gasteiger partial charge < -0.3 is 15.6 Å². The molecule has 2 aromatic carbocycles. The molecule has 3 N–H and O–H groups in total. The van der Waals surface area contributed by atoms with Crippen molar-refractivity contribution in [2.24, 2.45) is 5.73 Å². The summed E-state index contributed by atoms with van der Waals surface area (Å²) in [5.41, 5.74) is 8.58. The van der Waals surface area contributed by atoms with Gasteiger partial charge in [-0.15, -0.1) is 0 Å². The van der Waals surface area contributed by atoms with Gasteiger partial charge in [-0.05, 0) is 41.8 Å². The average molecular weight is 306 g/mol. The second-order valence-electron chi connectivity index (χ2n) is 5.09. The Morgan fingerprint density at radius 3 is 2.38 bits per heavy atom. The average Bonchev–Trinajstić information content (AvgIpc) is 2.48. The number of hydrogen-bond acceptors (Lipinski definition) is 3. The first-order valence-corrected chi connectivity index (χ1v) is 7.22. The highest BCUT2D eigenvalue weighted by atomic mass is 35.5. The molecule has 0 amide bonds. The Kier molecular flexibility index (Phi) is 5.23. The molecule has 0 aliphatic carbocycles. The van der Waals surface area contributed by atoms with Crippen LogP contribution in [0.3, 0.4) is 0 Å². The summed E-state index contributed by atoms with van der Waals surface area (Å²) in [6.45, 7) is 2.30. The van der Waals surface area contributed by atoms with Crippen LogP contribution in [0.25, 0.3) is 0 Å². The smallest absolute Gasteiger partial charge is 0.118 e. The number of rotatable bonds is 5. The van der Waals surface area contributed by atoms with Crippen LogP contribution in [0.2, 0.25) is 5.02 Å². The van der Waals surface area contributed by atoms with Crippen LogP contribution in [-0.4, -0.2) is 18.8 Å². The van der Waals surface area contributed by atoms with Gasteiger partial charge in [-0.1, -0.05) is 35.9 Å². The molecule has 21 heavy (non-hydrogen) atoms. The molecule has 0 spiro atoms. The zero-order chi connectivity index (χ0) is 15.4. The van der Waals surface area contributed by atoms with E-state index < -0.39 is 6.10 Å². The Morgan fingerprint density at radius 2 is 1.86 bits per heavy atom. The second kappa shape index (κ2) is 6.94. The summed E-state index contributed by atoms with van der Waals surface area (Å²) in [4.78, 5) is 0. The number of hydrogen-bond donors (Lipinski definition) is 2. The minimum absolute atomic E-state index is 0.212. The van der Waals surface area contributed by atoms with E-state index in [0.29, 0.717) is 17.1 Å². The zero-order valence-electron chi connectivity index (χ0n) is 12.2. The van der Waals surface area contributed by atoms with E-state index in [1.165, 1.54) is 0 Å². The van der Waals surface area contributed by atoms with Crippen molar-refractivity contribution in [3.63, 3.8) is 0 Å². The monoisotopic (exact) mass is 305 g/mol. The molecule has 2 rings (SSSR count). The highest BCUT2D eigenvalue weighted by Gasteiger charge is 2.23. The molecule has 0 bridgehead atoms. The van der Waals surface area contributed by atoms with Crippen molar-refractivity contribution in [3.05, 3.63) is 64.2 Å². The lowest BCUT2D eigenvalue weighted by atomic mass is 9.89. The maximum Gasteiger partial charge on any atom is 0.118 e. The van der Waals surface area contributed by atoms with Gasteiger partial charge in [-0.3, -0.25) is 0 Å². The minimum Gasteiger partial charge on any atom is -0.497 e. The third-order valence-electron chi connectivity index (χ3n) is 3.65. The summed E-state index contributed by atoms with van der Waals surface area (Å²) >= 11 is 6.24. The van der Waals surface area contributed by atoms with Crippen molar-refractivity contribution in [3.8, 4) is 5.75 Å².